The van der Waals surface area contributed by atoms with Crippen LogP contribution in [0.15, 0.2) is 41.4 Å². The maximum Gasteiger partial charge on any atom is 0.0909 e. The van der Waals surface area contributed by atoms with Crippen molar-refractivity contribution in [3.05, 3.63) is 63.7 Å². The highest BCUT2D eigenvalue weighted by atomic mass is 35.5. The molecule has 3 heteroatoms. The van der Waals surface area contributed by atoms with Crippen LogP contribution in [0.25, 0.3) is 0 Å². The summed E-state index contributed by atoms with van der Waals surface area (Å²) in [5, 5.41) is 0.783. The lowest BCUT2D eigenvalue weighted by Crippen LogP contribution is -2.14. The summed E-state index contributed by atoms with van der Waals surface area (Å²) in [5.74, 6) is 0. The first-order valence-corrected chi connectivity index (χ1v) is 7.96. The van der Waals surface area contributed by atoms with E-state index in [-0.39, 0.29) is 0 Å². The van der Waals surface area contributed by atoms with Crippen LogP contribution < -0.4 is 0 Å². The molecule has 0 amide bonds. The molecule has 0 aliphatic carbocycles. The molecule has 116 valence electrons. The van der Waals surface area contributed by atoms with Crippen LogP contribution in [0.3, 0.4) is 0 Å². The van der Waals surface area contributed by atoms with E-state index in [2.05, 4.69) is 48.9 Å². The highest BCUT2D eigenvalue weighted by molar-refractivity contribution is 6.30. The van der Waals surface area contributed by atoms with Crippen LogP contribution in [-0.2, 0) is 6.42 Å². The molecular formula is C19H23ClN2. The van der Waals surface area contributed by atoms with Gasteiger partial charge >= 0.3 is 0 Å². The Labute approximate surface area is 138 Å². The Hall–Kier alpha value is -1.80. The van der Waals surface area contributed by atoms with Gasteiger partial charge in [-0.2, -0.15) is 0 Å². The maximum absolute atomic E-state index is 6.08. The Bertz CT molecular complexity index is 677. The third-order valence-electron chi connectivity index (χ3n) is 3.81. The summed E-state index contributed by atoms with van der Waals surface area (Å²) < 4.78 is 0. The molecule has 0 fully saturated rings. The van der Waals surface area contributed by atoms with Crippen molar-refractivity contribution in [3.63, 3.8) is 0 Å². The van der Waals surface area contributed by atoms with E-state index in [1.165, 1.54) is 22.3 Å². The molecule has 22 heavy (non-hydrogen) atoms. The largest absolute Gasteiger partial charge is 0.366 e. The van der Waals surface area contributed by atoms with Crippen molar-refractivity contribution in [2.45, 2.75) is 27.2 Å². The smallest absolute Gasteiger partial charge is 0.0909 e. The summed E-state index contributed by atoms with van der Waals surface area (Å²) in [6, 6.07) is 12.4. The van der Waals surface area contributed by atoms with Crippen LogP contribution in [-0.4, -0.2) is 24.8 Å². The number of hydrogen-bond donors (Lipinski definition) is 0. The minimum atomic E-state index is 0.783. The van der Waals surface area contributed by atoms with Gasteiger partial charge in [-0.15, -0.1) is 0 Å². The number of benzene rings is 2. The Balaban J connectivity index is 2.32. The second kappa shape index (κ2) is 7.46. The Morgan fingerprint density at radius 2 is 1.95 bits per heavy atom. The second-order valence-electron chi connectivity index (χ2n) is 5.69. The maximum atomic E-state index is 6.08. The quantitative estimate of drug-likeness (QED) is 0.550. The SMILES string of the molecule is CCN(C)/C=N\c1cc(C)cc(Cc2cccc(Cl)c2)c1C. The van der Waals surface area contributed by atoms with E-state index in [1.807, 2.05) is 31.6 Å². The topological polar surface area (TPSA) is 15.6 Å². The van der Waals surface area contributed by atoms with E-state index in [0.717, 1.165) is 23.7 Å². The molecule has 0 spiro atoms. The van der Waals surface area contributed by atoms with Crippen LogP contribution >= 0.6 is 11.6 Å². The Morgan fingerprint density at radius 1 is 1.18 bits per heavy atom. The van der Waals surface area contributed by atoms with Gasteiger partial charge in [-0.1, -0.05) is 29.8 Å². The summed E-state index contributed by atoms with van der Waals surface area (Å²) in [5.41, 5.74) is 6.02. The van der Waals surface area contributed by atoms with Crippen molar-refractivity contribution in [2.24, 2.45) is 4.99 Å². The van der Waals surface area contributed by atoms with Gasteiger partial charge in [0.1, 0.15) is 0 Å². The van der Waals surface area contributed by atoms with Crippen molar-refractivity contribution in [1.82, 2.24) is 4.90 Å². The number of halogens is 1. The van der Waals surface area contributed by atoms with Crippen molar-refractivity contribution in [1.29, 1.82) is 0 Å². The molecule has 0 aromatic heterocycles. The predicted octanol–water partition coefficient (Wildman–Crippen LogP) is 5.16. The van der Waals surface area contributed by atoms with E-state index in [1.54, 1.807) is 0 Å². The number of hydrogen-bond acceptors (Lipinski definition) is 1. The number of aryl methyl sites for hydroxylation is 1. The van der Waals surface area contributed by atoms with E-state index in [4.69, 9.17) is 11.6 Å². The third kappa shape index (κ3) is 4.35. The zero-order chi connectivity index (χ0) is 16.1. The molecule has 0 unspecified atom stereocenters. The summed E-state index contributed by atoms with van der Waals surface area (Å²) >= 11 is 6.08. The van der Waals surface area contributed by atoms with Crippen molar-refractivity contribution >= 4 is 23.6 Å². The molecule has 2 nitrogen and oxygen atoms in total. The lowest BCUT2D eigenvalue weighted by Gasteiger charge is -2.13. The molecule has 0 bridgehead atoms. The summed E-state index contributed by atoms with van der Waals surface area (Å²) in [7, 11) is 2.03. The molecule has 0 heterocycles. The first-order valence-electron chi connectivity index (χ1n) is 7.58. The predicted molar refractivity (Wildman–Crippen MR) is 96.6 cm³/mol. The Kier molecular flexibility index (Phi) is 5.62. The summed E-state index contributed by atoms with van der Waals surface area (Å²) in [6.07, 6.45) is 2.77. The highest BCUT2D eigenvalue weighted by Gasteiger charge is 2.07. The van der Waals surface area contributed by atoms with Crippen LogP contribution in [0.5, 0.6) is 0 Å². The van der Waals surface area contributed by atoms with Crippen LogP contribution in [0.4, 0.5) is 5.69 Å². The van der Waals surface area contributed by atoms with Crippen molar-refractivity contribution < 1.29 is 0 Å². The number of rotatable bonds is 5. The van der Waals surface area contributed by atoms with Gasteiger partial charge < -0.3 is 4.90 Å². The molecule has 0 saturated heterocycles. The monoisotopic (exact) mass is 314 g/mol. The summed E-state index contributed by atoms with van der Waals surface area (Å²) in [6.45, 7) is 7.31. The van der Waals surface area contributed by atoms with Gasteiger partial charge in [-0.3, -0.25) is 0 Å². The average molecular weight is 315 g/mol. The lowest BCUT2D eigenvalue weighted by molar-refractivity contribution is 0.552. The molecule has 0 aliphatic rings. The van der Waals surface area contributed by atoms with Crippen LogP contribution in [0, 0.1) is 13.8 Å². The van der Waals surface area contributed by atoms with Gasteiger partial charge in [-0.05, 0) is 67.6 Å². The zero-order valence-electron chi connectivity index (χ0n) is 13.7. The van der Waals surface area contributed by atoms with E-state index < -0.39 is 0 Å². The van der Waals surface area contributed by atoms with Crippen molar-refractivity contribution in [3.8, 4) is 0 Å². The van der Waals surface area contributed by atoms with Gasteiger partial charge in [0.15, 0.2) is 0 Å². The first kappa shape index (κ1) is 16.6. The molecule has 0 atom stereocenters. The molecule has 0 radical (unpaired) electrons. The standard InChI is InChI=1S/C19H23ClN2/c1-5-22(4)13-21-19-10-14(2)9-17(15(19)3)11-16-7-6-8-18(20)12-16/h6-10,12-13H,5,11H2,1-4H3/b21-13-. The second-order valence-corrected chi connectivity index (χ2v) is 6.13. The lowest BCUT2D eigenvalue weighted by atomic mass is 9.97. The average Bonchev–Trinajstić information content (AvgIpc) is 2.48. The molecule has 2 aromatic carbocycles. The van der Waals surface area contributed by atoms with E-state index >= 15 is 0 Å². The normalized spacial score (nSPS) is 11.1. The van der Waals surface area contributed by atoms with Gasteiger partial charge in [0.25, 0.3) is 0 Å². The van der Waals surface area contributed by atoms with Gasteiger partial charge in [0, 0.05) is 18.6 Å². The fraction of sp³-hybridized carbons (Fsp3) is 0.316. The third-order valence-corrected chi connectivity index (χ3v) is 4.04. The minimum Gasteiger partial charge on any atom is -0.366 e. The van der Waals surface area contributed by atoms with E-state index in [0.29, 0.717) is 0 Å². The molecule has 0 aliphatic heterocycles. The zero-order valence-corrected chi connectivity index (χ0v) is 14.5. The van der Waals surface area contributed by atoms with Gasteiger partial charge in [0.05, 0.1) is 12.0 Å². The van der Waals surface area contributed by atoms with Crippen molar-refractivity contribution in [2.75, 3.05) is 13.6 Å². The fourth-order valence-corrected chi connectivity index (χ4v) is 2.55. The van der Waals surface area contributed by atoms with E-state index in [9.17, 15) is 0 Å². The number of nitrogens with zero attached hydrogens (tertiary/aromatic N) is 2. The molecule has 2 rings (SSSR count). The van der Waals surface area contributed by atoms with Gasteiger partial charge in [-0.25, -0.2) is 4.99 Å². The van der Waals surface area contributed by atoms with Crippen LogP contribution in [0.1, 0.15) is 29.2 Å². The molecule has 0 saturated carbocycles. The number of aliphatic imine (C=N–C) groups is 1. The minimum absolute atomic E-state index is 0.783. The first-order chi connectivity index (χ1) is 10.5. The Morgan fingerprint density at radius 3 is 2.64 bits per heavy atom. The molecule has 0 N–H and O–H groups in total. The molecule has 2 aromatic rings. The summed E-state index contributed by atoms with van der Waals surface area (Å²) in [4.78, 5) is 6.70. The highest BCUT2D eigenvalue weighted by Crippen LogP contribution is 2.26. The van der Waals surface area contributed by atoms with Gasteiger partial charge in [0.2, 0.25) is 0 Å². The molecular weight excluding hydrogens is 292 g/mol. The van der Waals surface area contributed by atoms with Crippen LogP contribution in [0.2, 0.25) is 5.02 Å². The fourth-order valence-electron chi connectivity index (χ4n) is 2.34.